The van der Waals surface area contributed by atoms with Gasteiger partial charge < -0.3 is 4.74 Å². The number of hydrogen-bond donors (Lipinski definition) is 0. The molecule has 0 bridgehead atoms. The Hall–Kier alpha value is -0.300. The van der Waals surface area contributed by atoms with Crippen LogP contribution >= 0.6 is 0 Å². The predicted molar refractivity (Wildman–Crippen MR) is 38.4 cm³/mol. The quantitative estimate of drug-likeness (QED) is 0.452. The maximum absolute atomic E-state index is 5.40. The summed E-state index contributed by atoms with van der Waals surface area (Å²) in [5.41, 5.74) is 0. The molecule has 0 aromatic rings. The van der Waals surface area contributed by atoms with E-state index in [1.165, 1.54) is 19.3 Å². The highest BCUT2D eigenvalue weighted by molar-refractivity contribution is 4.88. The lowest BCUT2D eigenvalue weighted by molar-refractivity contribution is 0.0918. The van der Waals surface area contributed by atoms with Crippen molar-refractivity contribution in [3.8, 4) is 0 Å². The van der Waals surface area contributed by atoms with E-state index >= 15 is 0 Å². The minimum Gasteiger partial charge on any atom is -0.374 e. The summed E-state index contributed by atoms with van der Waals surface area (Å²) in [4.78, 5) is 0. The molecule has 0 aromatic carbocycles. The van der Waals surface area contributed by atoms with E-state index in [9.17, 15) is 0 Å². The molecule has 1 unspecified atom stereocenters. The number of rotatable bonds is 0. The summed E-state index contributed by atoms with van der Waals surface area (Å²) in [6.45, 7) is 3.02. The Balaban J connectivity index is 2.30. The maximum atomic E-state index is 5.40. The normalized spacial score (nSPS) is 32.8. The third-order valence-electron chi connectivity index (χ3n) is 1.55. The minimum absolute atomic E-state index is 0.338. The van der Waals surface area contributed by atoms with Gasteiger partial charge in [-0.3, -0.25) is 0 Å². The van der Waals surface area contributed by atoms with Gasteiger partial charge in [0.05, 0.1) is 6.10 Å². The van der Waals surface area contributed by atoms with Crippen molar-refractivity contribution in [3.63, 3.8) is 0 Å². The van der Waals surface area contributed by atoms with Crippen LogP contribution in [0.2, 0.25) is 0 Å². The van der Waals surface area contributed by atoms with Gasteiger partial charge in [0.2, 0.25) is 0 Å². The van der Waals surface area contributed by atoms with Crippen LogP contribution in [0.15, 0.2) is 12.2 Å². The van der Waals surface area contributed by atoms with Gasteiger partial charge in [0.25, 0.3) is 0 Å². The molecular weight excluding hydrogens is 112 g/mol. The van der Waals surface area contributed by atoms with Crippen LogP contribution < -0.4 is 0 Å². The average Bonchev–Trinajstić information content (AvgIpc) is 1.79. The van der Waals surface area contributed by atoms with E-state index in [1.807, 2.05) is 0 Å². The molecule has 0 saturated heterocycles. The number of ether oxygens (including phenoxy) is 1. The molecule has 0 fully saturated rings. The second-order valence-corrected chi connectivity index (χ2v) is 2.50. The largest absolute Gasteiger partial charge is 0.374 e. The Morgan fingerprint density at radius 2 is 2.33 bits per heavy atom. The summed E-state index contributed by atoms with van der Waals surface area (Å²) in [5.74, 6) is 0. The van der Waals surface area contributed by atoms with Gasteiger partial charge in [-0.05, 0) is 26.2 Å². The van der Waals surface area contributed by atoms with Crippen LogP contribution in [0.3, 0.4) is 0 Å². The second kappa shape index (κ2) is 3.67. The molecule has 1 heterocycles. The molecule has 1 aliphatic rings. The van der Waals surface area contributed by atoms with E-state index in [0.717, 1.165) is 6.61 Å². The summed E-state index contributed by atoms with van der Waals surface area (Å²) in [5, 5.41) is 0. The van der Waals surface area contributed by atoms with Crippen molar-refractivity contribution in [2.75, 3.05) is 6.61 Å². The van der Waals surface area contributed by atoms with Crippen molar-refractivity contribution in [1.82, 2.24) is 0 Å². The lowest BCUT2D eigenvalue weighted by Gasteiger charge is -2.10. The van der Waals surface area contributed by atoms with E-state index in [1.54, 1.807) is 0 Å². The van der Waals surface area contributed by atoms with E-state index in [2.05, 4.69) is 19.1 Å². The predicted octanol–water partition coefficient (Wildman–Crippen LogP) is 2.13. The summed E-state index contributed by atoms with van der Waals surface area (Å²) in [6.07, 6.45) is 8.42. The average molecular weight is 126 g/mol. The van der Waals surface area contributed by atoms with Crippen molar-refractivity contribution in [1.29, 1.82) is 0 Å². The minimum atomic E-state index is 0.338. The zero-order chi connectivity index (χ0) is 6.53. The van der Waals surface area contributed by atoms with Crippen LogP contribution in [0.5, 0.6) is 0 Å². The molecule has 0 saturated carbocycles. The van der Waals surface area contributed by atoms with Crippen LogP contribution in [0.25, 0.3) is 0 Å². The Morgan fingerprint density at radius 1 is 1.44 bits per heavy atom. The Morgan fingerprint density at radius 3 is 3.22 bits per heavy atom. The molecule has 52 valence electrons. The van der Waals surface area contributed by atoms with Gasteiger partial charge in [0.15, 0.2) is 0 Å². The lowest BCUT2D eigenvalue weighted by Crippen LogP contribution is -2.07. The van der Waals surface area contributed by atoms with Crippen LogP contribution in [0, 0.1) is 0 Å². The summed E-state index contributed by atoms with van der Waals surface area (Å²) >= 11 is 0. The number of hydrogen-bond acceptors (Lipinski definition) is 1. The van der Waals surface area contributed by atoms with Gasteiger partial charge >= 0.3 is 0 Å². The Kier molecular flexibility index (Phi) is 2.78. The molecule has 1 heteroatoms. The maximum Gasteiger partial charge on any atom is 0.0727 e. The fourth-order valence-electron chi connectivity index (χ4n) is 0.977. The highest BCUT2D eigenvalue weighted by Crippen LogP contribution is 2.05. The SMILES string of the molecule is CC1/C=C\CCCCO1. The highest BCUT2D eigenvalue weighted by atomic mass is 16.5. The van der Waals surface area contributed by atoms with Gasteiger partial charge in [-0.25, -0.2) is 0 Å². The standard InChI is InChI=1S/C8H14O/c1-8-6-4-2-3-5-7-9-8/h4,6,8H,2-3,5,7H2,1H3/b6-4-. The van der Waals surface area contributed by atoms with E-state index in [4.69, 9.17) is 4.74 Å². The first-order valence-corrected chi connectivity index (χ1v) is 3.68. The first-order chi connectivity index (χ1) is 4.39. The van der Waals surface area contributed by atoms with Crippen molar-refractivity contribution in [2.45, 2.75) is 32.3 Å². The third-order valence-corrected chi connectivity index (χ3v) is 1.55. The lowest BCUT2D eigenvalue weighted by atomic mass is 10.2. The molecule has 1 atom stereocenters. The van der Waals surface area contributed by atoms with Crippen LogP contribution in [-0.2, 0) is 4.74 Å². The van der Waals surface area contributed by atoms with Crippen LogP contribution in [0.1, 0.15) is 26.2 Å². The monoisotopic (exact) mass is 126 g/mol. The fourth-order valence-corrected chi connectivity index (χ4v) is 0.977. The summed E-state index contributed by atoms with van der Waals surface area (Å²) in [6, 6.07) is 0. The molecule has 0 amide bonds. The topological polar surface area (TPSA) is 9.23 Å². The molecule has 9 heavy (non-hydrogen) atoms. The van der Waals surface area contributed by atoms with Crippen molar-refractivity contribution >= 4 is 0 Å². The van der Waals surface area contributed by atoms with E-state index in [0.29, 0.717) is 6.10 Å². The van der Waals surface area contributed by atoms with Crippen LogP contribution in [0.4, 0.5) is 0 Å². The molecule has 0 aliphatic carbocycles. The molecule has 1 aliphatic heterocycles. The first kappa shape index (κ1) is 6.81. The van der Waals surface area contributed by atoms with Gasteiger partial charge in [-0.2, -0.15) is 0 Å². The van der Waals surface area contributed by atoms with Gasteiger partial charge in [0, 0.05) is 6.61 Å². The van der Waals surface area contributed by atoms with E-state index in [-0.39, 0.29) is 0 Å². The summed E-state index contributed by atoms with van der Waals surface area (Å²) in [7, 11) is 0. The third kappa shape index (κ3) is 2.66. The molecule has 0 spiro atoms. The van der Waals surface area contributed by atoms with Crippen molar-refractivity contribution < 1.29 is 4.74 Å². The van der Waals surface area contributed by atoms with Crippen molar-refractivity contribution in [2.24, 2.45) is 0 Å². The van der Waals surface area contributed by atoms with Gasteiger partial charge in [0.1, 0.15) is 0 Å². The van der Waals surface area contributed by atoms with Crippen LogP contribution in [-0.4, -0.2) is 12.7 Å². The van der Waals surface area contributed by atoms with Gasteiger partial charge in [-0.15, -0.1) is 0 Å². The number of allylic oxidation sites excluding steroid dienone is 1. The fraction of sp³-hybridized carbons (Fsp3) is 0.750. The highest BCUT2D eigenvalue weighted by Gasteiger charge is 1.98. The smallest absolute Gasteiger partial charge is 0.0727 e. The molecule has 1 nitrogen and oxygen atoms in total. The summed E-state index contributed by atoms with van der Waals surface area (Å²) < 4.78 is 5.40. The van der Waals surface area contributed by atoms with Crippen molar-refractivity contribution in [3.05, 3.63) is 12.2 Å². The zero-order valence-corrected chi connectivity index (χ0v) is 5.97. The molecule has 0 radical (unpaired) electrons. The second-order valence-electron chi connectivity index (χ2n) is 2.50. The molecule has 1 rings (SSSR count). The zero-order valence-electron chi connectivity index (χ0n) is 5.97. The van der Waals surface area contributed by atoms with E-state index < -0.39 is 0 Å². The Labute approximate surface area is 56.7 Å². The first-order valence-electron chi connectivity index (χ1n) is 3.68. The molecule has 0 aromatic heterocycles. The van der Waals surface area contributed by atoms with Gasteiger partial charge in [-0.1, -0.05) is 12.2 Å². The molecular formula is C8H14O. The Bertz CT molecular complexity index is 96.7. The molecule has 0 N–H and O–H groups in total.